The predicted octanol–water partition coefficient (Wildman–Crippen LogP) is 0.938. The molecule has 3 aromatic rings. The fourth-order valence-corrected chi connectivity index (χ4v) is 3.63. The van der Waals surface area contributed by atoms with E-state index in [1.165, 1.54) is 0 Å². The van der Waals surface area contributed by atoms with Crippen LogP contribution in [-0.4, -0.2) is 48.5 Å². The molecule has 0 bridgehead atoms. The number of aromatic nitrogens is 6. The lowest BCUT2D eigenvalue weighted by Gasteiger charge is -2.33. The van der Waals surface area contributed by atoms with Crippen molar-refractivity contribution in [1.29, 1.82) is 0 Å². The van der Waals surface area contributed by atoms with Gasteiger partial charge in [0.05, 0.1) is 5.56 Å². The molecular weight excluding hydrogens is 344 g/mol. The maximum absolute atomic E-state index is 11.7. The summed E-state index contributed by atoms with van der Waals surface area (Å²) in [7, 11) is 1.99. The molecule has 0 unspecified atom stereocenters. The van der Waals surface area contributed by atoms with Gasteiger partial charge in [0, 0.05) is 44.6 Å². The summed E-state index contributed by atoms with van der Waals surface area (Å²) in [5, 5.41) is 13.0. The molecule has 1 fully saturated rings. The van der Waals surface area contributed by atoms with Gasteiger partial charge < -0.3 is 15.2 Å². The van der Waals surface area contributed by atoms with E-state index in [4.69, 9.17) is 5.73 Å². The van der Waals surface area contributed by atoms with E-state index in [1.807, 2.05) is 28.6 Å². The summed E-state index contributed by atoms with van der Waals surface area (Å²) in [4.78, 5) is 18.3. The SMILES string of the molecule is Cn1c(Cn2cccn2)nnc1[C@H]1CCCN(c2ncccc2C(N)=O)C1. The van der Waals surface area contributed by atoms with Gasteiger partial charge in [0.2, 0.25) is 0 Å². The van der Waals surface area contributed by atoms with E-state index in [0.29, 0.717) is 17.9 Å². The van der Waals surface area contributed by atoms with Gasteiger partial charge in [-0.2, -0.15) is 5.10 Å². The number of nitrogens with zero attached hydrogens (tertiary/aromatic N) is 7. The Morgan fingerprint density at radius 1 is 1.30 bits per heavy atom. The fraction of sp³-hybridized carbons (Fsp3) is 0.389. The van der Waals surface area contributed by atoms with Crippen LogP contribution in [0.1, 0.15) is 40.8 Å². The standard InChI is InChI=1S/C18H22N8O/c1-24-15(12-26-10-4-8-21-26)22-23-17(24)13-5-3-9-25(11-13)18-14(16(19)27)6-2-7-20-18/h2,4,6-8,10,13H,3,5,9,11-12H2,1H3,(H2,19,27)/t13-/m0/s1. The van der Waals surface area contributed by atoms with Crippen LogP contribution < -0.4 is 10.6 Å². The zero-order valence-corrected chi connectivity index (χ0v) is 15.2. The van der Waals surface area contributed by atoms with Gasteiger partial charge in [-0.05, 0) is 31.0 Å². The summed E-state index contributed by atoms with van der Waals surface area (Å²) >= 11 is 0. The normalized spacial score (nSPS) is 17.2. The first-order valence-electron chi connectivity index (χ1n) is 8.99. The molecule has 3 aromatic heterocycles. The number of primary amides is 1. The van der Waals surface area contributed by atoms with Crippen LogP contribution in [0.4, 0.5) is 5.82 Å². The van der Waals surface area contributed by atoms with Crippen molar-refractivity contribution in [3.8, 4) is 0 Å². The number of rotatable bonds is 5. The molecule has 9 heteroatoms. The minimum atomic E-state index is -0.458. The lowest BCUT2D eigenvalue weighted by atomic mass is 9.96. The number of pyridine rings is 1. The molecule has 4 rings (SSSR count). The summed E-state index contributed by atoms with van der Waals surface area (Å²) in [5.41, 5.74) is 5.97. The van der Waals surface area contributed by atoms with Crippen LogP contribution in [-0.2, 0) is 13.6 Å². The Balaban J connectivity index is 1.56. The average Bonchev–Trinajstić information content (AvgIpc) is 3.33. The second-order valence-electron chi connectivity index (χ2n) is 6.76. The highest BCUT2D eigenvalue weighted by Gasteiger charge is 2.28. The van der Waals surface area contributed by atoms with Gasteiger partial charge in [-0.3, -0.25) is 9.48 Å². The van der Waals surface area contributed by atoms with Crippen molar-refractivity contribution in [2.75, 3.05) is 18.0 Å². The van der Waals surface area contributed by atoms with Crippen molar-refractivity contribution in [3.63, 3.8) is 0 Å². The largest absolute Gasteiger partial charge is 0.365 e. The van der Waals surface area contributed by atoms with Crippen molar-refractivity contribution in [1.82, 2.24) is 29.5 Å². The maximum atomic E-state index is 11.7. The van der Waals surface area contributed by atoms with E-state index in [-0.39, 0.29) is 5.92 Å². The van der Waals surface area contributed by atoms with Crippen molar-refractivity contribution in [2.24, 2.45) is 12.8 Å². The third-order valence-corrected chi connectivity index (χ3v) is 5.00. The molecule has 2 N–H and O–H groups in total. The molecule has 0 aliphatic carbocycles. The molecule has 0 aromatic carbocycles. The monoisotopic (exact) mass is 366 g/mol. The van der Waals surface area contributed by atoms with Crippen molar-refractivity contribution in [2.45, 2.75) is 25.3 Å². The molecular formula is C18H22N8O. The van der Waals surface area contributed by atoms with Crippen molar-refractivity contribution >= 4 is 11.7 Å². The topological polar surface area (TPSA) is 108 Å². The number of hydrogen-bond donors (Lipinski definition) is 1. The zero-order chi connectivity index (χ0) is 18.8. The van der Waals surface area contributed by atoms with Crippen LogP contribution in [0.2, 0.25) is 0 Å². The fourth-order valence-electron chi connectivity index (χ4n) is 3.63. The Hall–Kier alpha value is -3.23. The van der Waals surface area contributed by atoms with Gasteiger partial charge in [0.25, 0.3) is 5.91 Å². The first-order valence-corrected chi connectivity index (χ1v) is 8.99. The number of carbonyl (C=O) groups is 1. The summed E-state index contributed by atoms with van der Waals surface area (Å²) < 4.78 is 3.87. The van der Waals surface area contributed by atoms with Crippen LogP contribution in [0.5, 0.6) is 0 Å². The Bertz CT molecular complexity index is 933. The third kappa shape index (κ3) is 3.40. The number of piperidine rings is 1. The van der Waals surface area contributed by atoms with Crippen LogP contribution >= 0.6 is 0 Å². The summed E-state index contributed by atoms with van der Waals surface area (Å²) in [6.07, 6.45) is 7.35. The van der Waals surface area contributed by atoms with Gasteiger partial charge in [-0.1, -0.05) is 0 Å². The smallest absolute Gasteiger partial charge is 0.252 e. The summed E-state index contributed by atoms with van der Waals surface area (Å²) in [5.74, 6) is 2.21. The van der Waals surface area contributed by atoms with Gasteiger partial charge in [0.15, 0.2) is 5.82 Å². The minimum absolute atomic E-state index is 0.213. The number of nitrogens with two attached hydrogens (primary N) is 1. The molecule has 0 spiro atoms. The van der Waals surface area contributed by atoms with Gasteiger partial charge >= 0.3 is 0 Å². The lowest BCUT2D eigenvalue weighted by molar-refractivity contribution is 0.100. The quantitative estimate of drug-likeness (QED) is 0.720. The first kappa shape index (κ1) is 17.2. The van der Waals surface area contributed by atoms with Gasteiger partial charge in [-0.15, -0.1) is 10.2 Å². The second-order valence-corrected chi connectivity index (χ2v) is 6.76. The van der Waals surface area contributed by atoms with E-state index >= 15 is 0 Å². The highest BCUT2D eigenvalue weighted by atomic mass is 16.1. The van der Waals surface area contributed by atoms with Crippen molar-refractivity contribution in [3.05, 3.63) is 54.0 Å². The number of amides is 1. The average molecular weight is 366 g/mol. The molecule has 0 radical (unpaired) electrons. The number of carbonyl (C=O) groups excluding carboxylic acids is 1. The molecule has 1 atom stereocenters. The van der Waals surface area contributed by atoms with E-state index < -0.39 is 5.91 Å². The van der Waals surface area contributed by atoms with Gasteiger partial charge in [-0.25, -0.2) is 4.98 Å². The Morgan fingerprint density at radius 2 is 2.19 bits per heavy atom. The highest BCUT2D eigenvalue weighted by Crippen LogP contribution is 2.29. The molecule has 0 saturated carbocycles. The summed E-state index contributed by atoms with van der Waals surface area (Å²) in [6, 6.07) is 5.34. The van der Waals surface area contributed by atoms with Gasteiger partial charge in [0.1, 0.15) is 18.2 Å². The highest BCUT2D eigenvalue weighted by molar-refractivity contribution is 5.97. The van der Waals surface area contributed by atoms with E-state index in [9.17, 15) is 4.79 Å². The molecule has 1 aliphatic heterocycles. The van der Waals surface area contributed by atoms with Crippen LogP contribution in [0.15, 0.2) is 36.8 Å². The Morgan fingerprint density at radius 3 is 2.96 bits per heavy atom. The van der Waals surface area contributed by atoms with Crippen LogP contribution in [0, 0.1) is 0 Å². The van der Waals surface area contributed by atoms with Crippen molar-refractivity contribution < 1.29 is 4.79 Å². The molecule has 27 heavy (non-hydrogen) atoms. The molecule has 140 valence electrons. The summed E-state index contributed by atoms with van der Waals surface area (Å²) in [6.45, 7) is 2.15. The predicted molar refractivity (Wildman–Crippen MR) is 99.3 cm³/mol. The zero-order valence-electron chi connectivity index (χ0n) is 15.2. The molecule has 1 amide bonds. The lowest BCUT2D eigenvalue weighted by Crippen LogP contribution is -2.37. The van der Waals surface area contributed by atoms with E-state index in [2.05, 4.69) is 25.2 Å². The van der Waals surface area contributed by atoms with Crippen LogP contribution in [0.25, 0.3) is 0 Å². The number of anilines is 1. The molecule has 1 aliphatic rings. The molecule has 9 nitrogen and oxygen atoms in total. The number of hydrogen-bond acceptors (Lipinski definition) is 6. The van der Waals surface area contributed by atoms with E-state index in [1.54, 1.807) is 24.5 Å². The Kier molecular flexibility index (Phi) is 4.57. The Labute approximate surface area is 156 Å². The maximum Gasteiger partial charge on any atom is 0.252 e. The molecule has 1 saturated heterocycles. The van der Waals surface area contributed by atoms with E-state index in [0.717, 1.165) is 37.6 Å². The molecule has 4 heterocycles. The van der Waals surface area contributed by atoms with Crippen LogP contribution in [0.3, 0.4) is 0 Å². The second kappa shape index (κ2) is 7.18. The third-order valence-electron chi connectivity index (χ3n) is 5.00. The first-order chi connectivity index (χ1) is 13.1. The minimum Gasteiger partial charge on any atom is -0.365 e.